The third-order valence-corrected chi connectivity index (χ3v) is 5.96. The Morgan fingerprint density at radius 1 is 1.24 bits per heavy atom. The first-order valence-corrected chi connectivity index (χ1v) is 11.0. The molecule has 0 saturated carbocycles. The maximum atomic E-state index is 10.4. The first kappa shape index (κ1) is 23.0. The van der Waals surface area contributed by atoms with Gasteiger partial charge in [-0.25, -0.2) is 0 Å². The minimum Gasteiger partial charge on any atom is -0.504 e. The minimum absolute atomic E-state index is 0.0201. The number of hydrogen-bond donors (Lipinski definition) is 2. The van der Waals surface area contributed by atoms with Crippen molar-refractivity contribution in [3.63, 3.8) is 0 Å². The number of hydrogen-bond acceptors (Lipinski definition) is 7. The van der Waals surface area contributed by atoms with E-state index in [4.69, 9.17) is 37.8 Å². The zero-order valence-corrected chi connectivity index (χ0v) is 19.9. The molecule has 0 amide bonds. The third kappa shape index (κ3) is 4.66. The second-order valence-corrected chi connectivity index (χ2v) is 8.21. The molecule has 2 aromatic carbocycles. The van der Waals surface area contributed by atoms with Crippen LogP contribution in [0.4, 0.5) is 0 Å². The molecule has 1 aliphatic heterocycles. The maximum absolute atomic E-state index is 10.4. The molecule has 0 radical (unpaired) electrons. The minimum atomic E-state index is -0.430. The van der Waals surface area contributed by atoms with Crippen LogP contribution in [0.25, 0.3) is 17.0 Å². The van der Waals surface area contributed by atoms with Crippen LogP contribution in [-0.2, 0) is 4.74 Å². The van der Waals surface area contributed by atoms with Crippen molar-refractivity contribution in [3.05, 3.63) is 64.6 Å². The van der Waals surface area contributed by atoms with E-state index in [0.717, 1.165) is 22.4 Å². The number of ether oxygens (including phenoxy) is 2. The van der Waals surface area contributed by atoms with Crippen LogP contribution in [0.5, 0.6) is 11.5 Å². The molecule has 4 rings (SSSR count). The lowest BCUT2D eigenvalue weighted by Crippen LogP contribution is -2.47. The van der Waals surface area contributed by atoms with Crippen LogP contribution < -0.4 is 10.1 Å². The largest absolute Gasteiger partial charge is 0.504 e. The van der Waals surface area contributed by atoms with E-state index < -0.39 is 6.04 Å². The van der Waals surface area contributed by atoms with Crippen molar-refractivity contribution in [2.75, 3.05) is 27.4 Å². The fourth-order valence-corrected chi connectivity index (χ4v) is 4.26. The summed E-state index contributed by atoms with van der Waals surface area (Å²) >= 11 is 11.8. The summed E-state index contributed by atoms with van der Waals surface area (Å²) in [5.41, 5.74) is 3.09. The summed E-state index contributed by atoms with van der Waals surface area (Å²) in [5, 5.41) is 19.0. The van der Waals surface area contributed by atoms with Gasteiger partial charge in [0.15, 0.2) is 16.6 Å². The lowest BCUT2D eigenvalue weighted by atomic mass is 9.94. The van der Waals surface area contributed by atoms with Crippen molar-refractivity contribution in [2.45, 2.75) is 13.0 Å². The summed E-state index contributed by atoms with van der Waals surface area (Å²) in [6, 6.07) is 12.0. The number of phenols is 1. The molecule has 172 valence electrons. The Hall–Kier alpha value is -3.14. The molecule has 1 atom stereocenters. The van der Waals surface area contributed by atoms with Crippen LogP contribution in [0.15, 0.2) is 52.7 Å². The number of nitrogens with one attached hydrogen (secondary N) is 1. The fraction of sp³-hybridized carbons (Fsp3) is 0.261. The van der Waals surface area contributed by atoms with Gasteiger partial charge in [0.05, 0.1) is 25.3 Å². The molecule has 2 heterocycles. The summed E-state index contributed by atoms with van der Waals surface area (Å²) in [6.07, 6.45) is 0. The van der Waals surface area contributed by atoms with Gasteiger partial charge >= 0.3 is 0 Å². The van der Waals surface area contributed by atoms with E-state index in [1.807, 2.05) is 30.0 Å². The number of allylic oxidation sites excluding steroid dienone is 1. The van der Waals surface area contributed by atoms with Gasteiger partial charge < -0.3 is 29.3 Å². The second kappa shape index (κ2) is 9.78. The van der Waals surface area contributed by atoms with E-state index in [0.29, 0.717) is 40.8 Å². The van der Waals surface area contributed by atoms with Crippen molar-refractivity contribution in [3.8, 4) is 22.9 Å². The number of aromatic hydroxyl groups is 1. The SMILES string of the molecule is COCCN1C(=S)NC(c2ccc(OC)c(O)c2)C(c2nc(-c3cccc(Cl)c3)no2)=C1C. The molecule has 1 aliphatic rings. The molecule has 0 bridgehead atoms. The Balaban J connectivity index is 1.81. The lowest BCUT2D eigenvalue weighted by molar-refractivity contribution is 0.183. The normalized spacial score (nSPS) is 16.2. The highest BCUT2D eigenvalue weighted by Gasteiger charge is 2.34. The van der Waals surface area contributed by atoms with Crippen LogP contribution in [0.3, 0.4) is 0 Å². The van der Waals surface area contributed by atoms with Crippen LogP contribution >= 0.6 is 23.8 Å². The van der Waals surface area contributed by atoms with Gasteiger partial charge in [0.25, 0.3) is 5.89 Å². The van der Waals surface area contributed by atoms with Crippen molar-refractivity contribution in [2.24, 2.45) is 0 Å². The average Bonchev–Trinajstić information content (AvgIpc) is 3.28. The van der Waals surface area contributed by atoms with E-state index in [2.05, 4.69) is 15.5 Å². The highest BCUT2D eigenvalue weighted by atomic mass is 35.5. The zero-order valence-electron chi connectivity index (χ0n) is 18.3. The van der Waals surface area contributed by atoms with Crippen LogP contribution in [0.2, 0.25) is 5.02 Å². The molecule has 33 heavy (non-hydrogen) atoms. The van der Waals surface area contributed by atoms with Crippen LogP contribution in [0.1, 0.15) is 24.4 Å². The first-order chi connectivity index (χ1) is 15.9. The highest BCUT2D eigenvalue weighted by molar-refractivity contribution is 7.80. The van der Waals surface area contributed by atoms with Gasteiger partial charge in [0, 0.05) is 29.9 Å². The van der Waals surface area contributed by atoms with Crippen molar-refractivity contribution >= 4 is 34.5 Å². The Bertz CT molecular complexity index is 1210. The Labute approximate surface area is 201 Å². The third-order valence-electron chi connectivity index (χ3n) is 5.39. The lowest BCUT2D eigenvalue weighted by Gasteiger charge is -2.37. The molecular weight excluding hydrogens is 464 g/mol. The summed E-state index contributed by atoms with van der Waals surface area (Å²) in [7, 11) is 3.14. The van der Waals surface area contributed by atoms with Gasteiger partial charge in [-0.15, -0.1) is 0 Å². The molecule has 0 fully saturated rings. The number of phenolic OH excluding ortho intramolecular Hbond substituents is 1. The number of methoxy groups -OCH3 is 2. The Morgan fingerprint density at radius 2 is 2.06 bits per heavy atom. The maximum Gasteiger partial charge on any atom is 0.258 e. The van der Waals surface area contributed by atoms with E-state index in [1.165, 1.54) is 7.11 Å². The molecule has 1 unspecified atom stereocenters. The fourth-order valence-electron chi connectivity index (χ4n) is 3.72. The number of thiocarbonyl (C=S) groups is 1. The predicted molar refractivity (Wildman–Crippen MR) is 129 cm³/mol. The van der Waals surface area contributed by atoms with E-state index in [1.54, 1.807) is 31.4 Å². The van der Waals surface area contributed by atoms with Crippen molar-refractivity contribution < 1.29 is 19.1 Å². The molecule has 2 N–H and O–H groups in total. The average molecular weight is 487 g/mol. The first-order valence-electron chi connectivity index (χ1n) is 10.2. The Kier molecular flexibility index (Phi) is 6.83. The smallest absolute Gasteiger partial charge is 0.258 e. The summed E-state index contributed by atoms with van der Waals surface area (Å²) < 4.78 is 16.1. The second-order valence-electron chi connectivity index (χ2n) is 7.39. The van der Waals surface area contributed by atoms with Crippen molar-refractivity contribution in [1.29, 1.82) is 0 Å². The number of aromatic nitrogens is 2. The molecule has 0 spiro atoms. The van der Waals surface area contributed by atoms with Gasteiger partial charge in [-0.1, -0.05) is 35.0 Å². The van der Waals surface area contributed by atoms with Crippen LogP contribution in [-0.4, -0.2) is 52.6 Å². The number of benzene rings is 2. The van der Waals surface area contributed by atoms with Gasteiger partial charge in [-0.2, -0.15) is 4.98 Å². The molecule has 0 aliphatic carbocycles. The summed E-state index contributed by atoms with van der Waals surface area (Å²) in [5.74, 6) is 1.15. The highest BCUT2D eigenvalue weighted by Crippen LogP contribution is 2.39. The summed E-state index contributed by atoms with van der Waals surface area (Å²) in [4.78, 5) is 6.57. The van der Waals surface area contributed by atoms with E-state index in [9.17, 15) is 5.11 Å². The van der Waals surface area contributed by atoms with Crippen molar-refractivity contribution in [1.82, 2.24) is 20.4 Å². The number of nitrogens with zero attached hydrogens (tertiary/aromatic N) is 3. The summed E-state index contributed by atoms with van der Waals surface area (Å²) in [6.45, 7) is 2.98. The standard InChI is InChI=1S/C23H23ClN4O4S/c1-13-19(22-26-21(27-32-22)15-5-4-6-16(24)11-15)20(25-23(33)28(13)9-10-30-2)14-7-8-18(31-3)17(29)12-14/h4-8,11-12,20,29H,9-10H2,1-3H3,(H,25,33). The molecule has 8 nitrogen and oxygen atoms in total. The van der Waals surface area contributed by atoms with E-state index in [-0.39, 0.29) is 5.75 Å². The van der Waals surface area contributed by atoms with E-state index >= 15 is 0 Å². The van der Waals surface area contributed by atoms with Gasteiger partial charge in [0.2, 0.25) is 5.82 Å². The Morgan fingerprint density at radius 3 is 2.76 bits per heavy atom. The molecule has 0 saturated heterocycles. The number of rotatable bonds is 7. The van der Waals surface area contributed by atoms with Gasteiger partial charge in [-0.3, -0.25) is 0 Å². The van der Waals surface area contributed by atoms with Crippen LogP contribution in [0, 0.1) is 0 Å². The molecule has 10 heteroatoms. The quantitative estimate of drug-likeness (QED) is 0.471. The van der Waals surface area contributed by atoms with Gasteiger partial charge in [0.1, 0.15) is 0 Å². The molecular formula is C23H23ClN4O4S. The topological polar surface area (TPSA) is 92.9 Å². The predicted octanol–water partition coefficient (Wildman–Crippen LogP) is 4.41. The number of halogens is 1. The molecule has 1 aromatic heterocycles. The molecule has 3 aromatic rings. The zero-order chi connectivity index (χ0) is 23.5. The monoisotopic (exact) mass is 486 g/mol. The van der Waals surface area contributed by atoms with Gasteiger partial charge in [-0.05, 0) is 49.0 Å².